The summed E-state index contributed by atoms with van der Waals surface area (Å²) in [5, 5.41) is 0. The van der Waals surface area contributed by atoms with Crippen LogP contribution in [0, 0.1) is 6.92 Å². The van der Waals surface area contributed by atoms with Crippen molar-refractivity contribution in [1.82, 2.24) is 4.98 Å². The van der Waals surface area contributed by atoms with Crippen molar-refractivity contribution in [3.05, 3.63) is 59.5 Å². The van der Waals surface area contributed by atoms with E-state index in [-0.39, 0.29) is 12.7 Å². The molecular formula is C27H33NO7. The second kappa shape index (κ2) is 12.3. The number of oxazole rings is 1. The van der Waals surface area contributed by atoms with Crippen molar-refractivity contribution >= 4 is 5.97 Å². The van der Waals surface area contributed by atoms with Crippen LogP contribution < -0.4 is 14.2 Å². The molecule has 0 bridgehead atoms. The Morgan fingerprint density at radius 2 is 1.77 bits per heavy atom. The summed E-state index contributed by atoms with van der Waals surface area (Å²) in [7, 11) is 2.91. The quantitative estimate of drug-likeness (QED) is 0.327. The minimum atomic E-state index is -0.701. The van der Waals surface area contributed by atoms with Gasteiger partial charge in [0.25, 0.3) is 0 Å². The standard InChI is InChI=1S/C27H33NO7/c1-7-32-25(27(29)31-6)14-20-10-13-22(15-24(20)30-5)33-16-23-18(4)35-26(28-23)19-8-11-21(12-9-19)34-17(2)3/h8-13,15,17,25H,7,14,16H2,1-6H3. The molecule has 0 amide bonds. The van der Waals surface area contributed by atoms with Crippen LogP contribution in [0.4, 0.5) is 0 Å². The number of carbonyl (C=O) groups is 1. The Kier molecular flexibility index (Phi) is 9.14. The van der Waals surface area contributed by atoms with Gasteiger partial charge in [0, 0.05) is 24.7 Å². The zero-order valence-corrected chi connectivity index (χ0v) is 21.1. The number of hydrogen-bond donors (Lipinski definition) is 0. The van der Waals surface area contributed by atoms with Crippen molar-refractivity contribution in [3.63, 3.8) is 0 Å². The summed E-state index contributed by atoms with van der Waals surface area (Å²) in [6, 6.07) is 13.1. The van der Waals surface area contributed by atoms with Crippen molar-refractivity contribution in [3.8, 4) is 28.7 Å². The molecule has 3 aromatic rings. The summed E-state index contributed by atoms with van der Waals surface area (Å²) < 4.78 is 33.4. The van der Waals surface area contributed by atoms with Gasteiger partial charge in [-0.25, -0.2) is 9.78 Å². The fourth-order valence-corrected chi connectivity index (χ4v) is 3.51. The number of benzene rings is 2. The first-order valence-electron chi connectivity index (χ1n) is 11.6. The molecular weight excluding hydrogens is 450 g/mol. The maximum atomic E-state index is 12.0. The number of rotatable bonds is 12. The predicted octanol–water partition coefficient (Wildman–Crippen LogP) is 5.15. The molecule has 2 aromatic carbocycles. The van der Waals surface area contributed by atoms with Crippen LogP contribution in [0.25, 0.3) is 11.5 Å². The van der Waals surface area contributed by atoms with Crippen LogP contribution in [0.5, 0.6) is 17.2 Å². The maximum absolute atomic E-state index is 12.0. The number of esters is 1. The second-order valence-electron chi connectivity index (χ2n) is 8.15. The van der Waals surface area contributed by atoms with Gasteiger partial charge in [-0.15, -0.1) is 0 Å². The zero-order valence-electron chi connectivity index (χ0n) is 21.1. The zero-order chi connectivity index (χ0) is 25.4. The highest BCUT2D eigenvalue weighted by atomic mass is 16.6. The highest BCUT2D eigenvalue weighted by Gasteiger charge is 2.22. The van der Waals surface area contributed by atoms with Crippen LogP contribution in [-0.4, -0.2) is 44.0 Å². The van der Waals surface area contributed by atoms with E-state index in [0.717, 1.165) is 16.9 Å². The number of ether oxygens (including phenoxy) is 5. The van der Waals surface area contributed by atoms with Gasteiger partial charge in [0.1, 0.15) is 35.3 Å². The minimum absolute atomic E-state index is 0.111. The van der Waals surface area contributed by atoms with E-state index in [1.165, 1.54) is 7.11 Å². The Balaban J connectivity index is 1.68. The Morgan fingerprint density at radius 3 is 2.40 bits per heavy atom. The fourth-order valence-electron chi connectivity index (χ4n) is 3.51. The molecule has 0 radical (unpaired) electrons. The third kappa shape index (κ3) is 6.99. The number of carbonyl (C=O) groups excluding carboxylic acids is 1. The molecule has 8 nitrogen and oxygen atoms in total. The molecule has 0 saturated heterocycles. The molecule has 188 valence electrons. The smallest absolute Gasteiger partial charge is 0.335 e. The summed E-state index contributed by atoms with van der Waals surface area (Å²) in [5.74, 6) is 2.78. The molecule has 0 aliphatic carbocycles. The van der Waals surface area contributed by atoms with Crippen LogP contribution in [0.1, 0.15) is 37.8 Å². The first kappa shape index (κ1) is 26.1. The Bertz CT molecular complexity index is 1110. The lowest BCUT2D eigenvalue weighted by Crippen LogP contribution is -2.28. The van der Waals surface area contributed by atoms with Gasteiger partial charge in [0.2, 0.25) is 5.89 Å². The van der Waals surface area contributed by atoms with Crippen molar-refractivity contribution in [1.29, 1.82) is 0 Å². The molecule has 3 rings (SSSR count). The molecule has 35 heavy (non-hydrogen) atoms. The number of aromatic nitrogens is 1. The Morgan fingerprint density at radius 1 is 1.06 bits per heavy atom. The molecule has 0 N–H and O–H groups in total. The summed E-state index contributed by atoms with van der Waals surface area (Å²) in [6.45, 7) is 8.29. The van der Waals surface area contributed by atoms with Crippen molar-refractivity contribution in [2.75, 3.05) is 20.8 Å². The Labute approximate surface area is 206 Å². The molecule has 0 saturated carbocycles. The van der Waals surface area contributed by atoms with E-state index in [2.05, 4.69) is 4.98 Å². The highest BCUT2D eigenvalue weighted by molar-refractivity contribution is 5.75. The van der Waals surface area contributed by atoms with Gasteiger partial charge in [0.15, 0.2) is 6.10 Å². The largest absolute Gasteiger partial charge is 0.496 e. The van der Waals surface area contributed by atoms with Gasteiger partial charge >= 0.3 is 5.97 Å². The van der Waals surface area contributed by atoms with Crippen LogP contribution in [0.3, 0.4) is 0 Å². The summed E-state index contributed by atoms with van der Waals surface area (Å²) in [4.78, 5) is 16.6. The third-order valence-electron chi connectivity index (χ3n) is 5.24. The summed E-state index contributed by atoms with van der Waals surface area (Å²) in [5.41, 5.74) is 2.37. The molecule has 0 aliphatic heterocycles. The molecule has 0 spiro atoms. The van der Waals surface area contributed by atoms with Gasteiger partial charge < -0.3 is 28.1 Å². The molecule has 1 atom stereocenters. The predicted molar refractivity (Wildman–Crippen MR) is 131 cm³/mol. The summed E-state index contributed by atoms with van der Waals surface area (Å²) >= 11 is 0. The van der Waals surface area contributed by atoms with Crippen LogP contribution >= 0.6 is 0 Å². The molecule has 0 fully saturated rings. The van der Waals surface area contributed by atoms with E-state index in [9.17, 15) is 4.79 Å². The average Bonchev–Trinajstić information content (AvgIpc) is 3.22. The minimum Gasteiger partial charge on any atom is -0.496 e. The fraction of sp³-hybridized carbons (Fsp3) is 0.407. The summed E-state index contributed by atoms with van der Waals surface area (Å²) in [6.07, 6.45) is -0.260. The molecule has 1 aromatic heterocycles. The van der Waals surface area contributed by atoms with Crippen molar-refractivity contribution < 1.29 is 32.9 Å². The highest BCUT2D eigenvalue weighted by Crippen LogP contribution is 2.29. The number of aryl methyl sites for hydroxylation is 1. The topological polar surface area (TPSA) is 89.3 Å². The molecule has 1 heterocycles. The van der Waals surface area contributed by atoms with Crippen LogP contribution in [-0.2, 0) is 27.3 Å². The normalized spacial score (nSPS) is 11.9. The average molecular weight is 484 g/mol. The number of methoxy groups -OCH3 is 2. The maximum Gasteiger partial charge on any atom is 0.335 e. The van der Waals surface area contributed by atoms with E-state index < -0.39 is 12.1 Å². The van der Waals surface area contributed by atoms with E-state index in [4.69, 9.17) is 28.1 Å². The molecule has 8 heteroatoms. The molecule has 1 unspecified atom stereocenters. The van der Waals surface area contributed by atoms with Gasteiger partial charge in [-0.3, -0.25) is 0 Å². The lowest BCUT2D eigenvalue weighted by molar-refractivity contribution is -0.153. The van der Waals surface area contributed by atoms with Crippen LogP contribution in [0.15, 0.2) is 46.9 Å². The van der Waals surface area contributed by atoms with Gasteiger partial charge in [0.05, 0.1) is 20.3 Å². The lowest BCUT2D eigenvalue weighted by atomic mass is 10.1. The van der Waals surface area contributed by atoms with Crippen molar-refractivity contribution in [2.24, 2.45) is 0 Å². The van der Waals surface area contributed by atoms with E-state index in [1.54, 1.807) is 13.2 Å². The third-order valence-corrected chi connectivity index (χ3v) is 5.24. The van der Waals surface area contributed by atoms with E-state index in [0.29, 0.717) is 41.9 Å². The van der Waals surface area contributed by atoms with E-state index >= 15 is 0 Å². The number of hydrogen-bond acceptors (Lipinski definition) is 8. The lowest BCUT2D eigenvalue weighted by Gasteiger charge is -2.17. The molecule has 0 aliphatic rings. The monoisotopic (exact) mass is 483 g/mol. The Hall–Kier alpha value is -3.52. The van der Waals surface area contributed by atoms with Gasteiger partial charge in [-0.2, -0.15) is 0 Å². The van der Waals surface area contributed by atoms with Gasteiger partial charge in [-0.1, -0.05) is 6.07 Å². The van der Waals surface area contributed by atoms with Crippen LogP contribution in [0.2, 0.25) is 0 Å². The first-order valence-corrected chi connectivity index (χ1v) is 11.6. The number of nitrogens with zero attached hydrogens (tertiary/aromatic N) is 1. The first-order chi connectivity index (χ1) is 16.8. The van der Waals surface area contributed by atoms with E-state index in [1.807, 2.05) is 64.1 Å². The second-order valence-corrected chi connectivity index (χ2v) is 8.15. The SMILES string of the molecule is CCOC(Cc1ccc(OCc2nc(-c3ccc(OC(C)C)cc3)oc2C)cc1OC)C(=O)OC. The van der Waals surface area contributed by atoms with Crippen molar-refractivity contribution in [2.45, 2.75) is 52.9 Å². The van der Waals surface area contributed by atoms with Gasteiger partial charge in [-0.05, 0) is 63.6 Å².